The van der Waals surface area contributed by atoms with Crippen LogP contribution in [0.5, 0.6) is 0 Å². The molecule has 5 heteroatoms. The number of nitrogens with one attached hydrogen (secondary N) is 1. The summed E-state index contributed by atoms with van der Waals surface area (Å²) in [4.78, 5) is 6.88. The molecule has 0 amide bonds. The molecule has 0 spiro atoms. The largest absolute Gasteiger partial charge is 0.359 e. The van der Waals surface area contributed by atoms with Crippen molar-refractivity contribution in [1.29, 1.82) is 0 Å². The van der Waals surface area contributed by atoms with Crippen LogP contribution >= 0.6 is 11.5 Å². The fraction of sp³-hybridized carbons (Fsp3) is 0.467. The smallest absolute Gasteiger partial charge is 0.202 e. The van der Waals surface area contributed by atoms with Crippen molar-refractivity contribution < 1.29 is 0 Å². The Hall–Kier alpha value is -1.46. The highest BCUT2D eigenvalue weighted by Gasteiger charge is 2.32. The molecule has 1 heterocycles. The lowest BCUT2D eigenvalue weighted by Crippen LogP contribution is -2.36. The van der Waals surface area contributed by atoms with Gasteiger partial charge in [-0.25, -0.2) is 0 Å². The van der Waals surface area contributed by atoms with Crippen LogP contribution in [-0.2, 0) is 0 Å². The molecule has 1 aromatic heterocycles. The molecule has 1 N–H and O–H groups in total. The van der Waals surface area contributed by atoms with E-state index in [1.54, 1.807) is 0 Å². The molecule has 0 bridgehead atoms. The van der Waals surface area contributed by atoms with Crippen LogP contribution < -0.4 is 5.32 Å². The number of hydrogen-bond acceptors (Lipinski definition) is 5. The van der Waals surface area contributed by atoms with Crippen LogP contribution in [0.3, 0.4) is 0 Å². The molecule has 20 heavy (non-hydrogen) atoms. The van der Waals surface area contributed by atoms with Gasteiger partial charge in [0.25, 0.3) is 0 Å². The Morgan fingerprint density at radius 3 is 2.70 bits per heavy atom. The molecule has 1 aromatic carbocycles. The van der Waals surface area contributed by atoms with E-state index in [-0.39, 0.29) is 0 Å². The van der Waals surface area contributed by atoms with E-state index in [1.165, 1.54) is 24.4 Å². The van der Waals surface area contributed by atoms with E-state index in [1.807, 2.05) is 30.3 Å². The third-order valence-electron chi connectivity index (χ3n) is 3.75. The summed E-state index contributed by atoms with van der Waals surface area (Å²) in [7, 11) is 4.31. The van der Waals surface area contributed by atoms with Crippen molar-refractivity contribution in [2.24, 2.45) is 5.92 Å². The van der Waals surface area contributed by atoms with Crippen molar-refractivity contribution in [1.82, 2.24) is 14.3 Å². The summed E-state index contributed by atoms with van der Waals surface area (Å²) in [6.45, 7) is 0.946. The average molecular weight is 288 g/mol. The fourth-order valence-electron chi connectivity index (χ4n) is 2.44. The third-order valence-corrected chi connectivity index (χ3v) is 4.42. The summed E-state index contributed by atoms with van der Waals surface area (Å²) >= 11 is 1.44. The zero-order valence-corrected chi connectivity index (χ0v) is 12.7. The Balaban J connectivity index is 1.62. The molecule has 1 fully saturated rings. The van der Waals surface area contributed by atoms with Gasteiger partial charge in [0.05, 0.1) is 0 Å². The maximum atomic E-state index is 4.57. The number of nitrogens with zero attached hydrogens (tertiary/aromatic N) is 3. The molecular formula is C15H20N4S. The lowest BCUT2D eigenvalue weighted by Gasteiger charge is -2.24. The minimum Gasteiger partial charge on any atom is -0.359 e. The predicted octanol–water partition coefficient (Wildman–Crippen LogP) is 2.96. The minimum absolute atomic E-state index is 0.596. The van der Waals surface area contributed by atoms with Gasteiger partial charge in [0.2, 0.25) is 5.13 Å². The Kier molecular flexibility index (Phi) is 3.98. The highest BCUT2D eigenvalue weighted by atomic mass is 32.1. The van der Waals surface area contributed by atoms with Gasteiger partial charge in [-0.05, 0) is 32.9 Å². The fourth-order valence-corrected chi connectivity index (χ4v) is 3.04. The van der Waals surface area contributed by atoms with Crippen LogP contribution in [0.15, 0.2) is 30.3 Å². The van der Waals surface area contributed by atoms with Crippen LogP contribution in [0.25, 0.3) is 11.4 Å². The van der Waals surface area contributed by atoms with Gasteiger partial charge >= 0.3 is 0 Å². The summed E-state index contributed by atoms with van der Waals surface area (Å²) in [6.07, 6.45) is 2.71. The summed E-state index contributed by atoms with van der Waals surface area (Å²) < 4.78 is 4.42. The van der Waals surface area contributed by atoms with E-state index in [0.29, 0.717) is 6.04 Å². The van der Waals surface area contributed by atoms with E-state index in [0.717, 1.165) is 29.0 Å². The molecule has 0 aliphatic heterocycles. The van der Waals surface area contributed by atoms with Crippen molar-refractivity contribution in [3.63, 3.8) is 0 Å². The molecule has 0 radical (unpaired) electrons. The SMILES string of the molecule is CN(C)C(CNc1nc(-c2ccccc2)ns1)C1CC1. The lowest BCUT2D eigenvalue weighted by atomic mass is 10.1. The first-order valence-electron chi connectivity index (χ1n) is 7.03. The summed E-state index contributed by atoms with van der Waals surface area (Å²) in [5.41, 5.74) is 1.07. The quantitative estimate of drug-likeness (QED) is 0.887. The lowest BCUT2D eigenvalue weighted by molar-refractivity contribution is 0.276. The number of rotatable bonds is 6. The number of hydrogen-bond donors (Lipinski definition) is 1. The van der Waals surface area contributed by atoms with Gasteiger partial charge in [0, 0.05) is 29.7 Å². The number of aromatic nitrogens is 2. The molecule has 106 valence electrons. The van der Waals surface area contributed by atoms with Gasteiger partial charge in [-0.2, -0.15) is 9.36 Å². The van der Waals surface area contributed by atoms with E-state index in [4.69, 9.17) is 0 Å². The van der Waals surface area contributed by atoms with E-state index >= 15 is 0 Å². The zero-order valence-electron chi connectivity index (χ0n) is 11.9. The summed E-state index contributed by atoms with van der Waals surface area (Å²) in [5.74, 6) is 1.66. The summed E-state index contributed by atoms with van der Waals surface area (Å²) in [6, 6.07) is 10.7. The van der Waals surface area contributed by atoms with E-state index < -0.39 is 0 Å². The van der Waals surface area contributed by atoms with Crippen molar-refractivity contribution >= 4 is 16.7 Å². The monoisotopic (exact) mass is 288 g/mol. The molecule has 1 aliphatic rings. The number of benzene rings is 1. The van der Waals surface area contributed by atoms with Crippen LogP contribution in [0.4, 0.5) is 5.13 Å². The topological polar surface area (TPSA) is 41.0 Å². The molecule has 2 aromatic rings. The first-order valence-corrected chi connectivity index (χ1v) is 7.81. The molecule has 1 unspecified atom stereocenters. The molecule has 1 atom stereocenters. The predicted molar refractivity (Wildman–Crippen MR) is 84.0 cm³/mol. The van der Waals surface area contributed by atoms with Gasteiger partial charge in [-0.3, -0.25) is 0 Å². The maximum Gasteiger partial charge on any atom is 0.202 e. The molecule has 1 aliphatic carbocycles. The number of anilines is 1. The second kappa shape index (κ2) is 5.89. The van der Waals surface area contributed by atoms with Gasteiger partial charge in [0.1, 0.15) is 0 Å². The van der Waals surface area contributed by atoms with E-state index in [9.17, 15) is 0 Å². The molecule has 1 saturated carbocycles. The van der Waals surface area contributed by atoms with Crippen LogP contribution in [0.1, 0.15) is 12.8 Å². The van der Waals surface area contributed by atoms with Gasteiger partial charge < -0.3 is 10.2 Å². The average Bonchev–Trinajstić information content (AvgIpc) is 3.17. The first-order chi connectivity index (χ1) is 9.74. The molecule has 3 rings (SSSR count). The van der Waals surface area contributed by atoms with Crippen molar-refractivity contribution in [2.75, 3.05) is 26.0 Å². The van der Waals surface area contributed by atoms with Crippen LogP contribution in [0.2, 0.25) is 0 Å². The van der Waals surface area contributed by atoms with Gasteiger partial charge in [-0.1, -0.05) is 30.3 Å². The molecule has 4 nitrogen and oxygen atoms in total. The Morgan fingerprint density at radius 2 is 2.05 bits per heavy atom. The highest BCUT2D eigenvalue weighted by molar-refractivity contribution is 7.09. The summed E-state index contributed by atoms with van der Waals surface area (Å²) in [5, 5.41) is 4.35. The van der Waals surface area contributed by atoms with Crippen LogP contribution in [0, 0.1) is 5.92 Å². The second-order valence-corrected chi connectivity index (χ2v) is 6.29. The van der Waals surface area contributed by atoms with Crippen LogP contribution in [-0.4, -0.2) is 40.9 Å². The van der Waals surface area contributed by atoms with Crippen molar-refractivity contribution in [2.45, 2.75) is 18.9 Å². The third kappa shape index (κ3) is 3.16. The van der Waals surface area contributed by atoms with Gasteiger partial charge in [0.15, 0.2) is 5.82 Å². The van der Waals surface area contributed by atoms with Crippen molar-refractivity contribution in [3.8, 4) is 11.4 Å². The maximum absolute atomic E-state index is 4.57. The Morgan fingerprint density at radius 1 is 1.30 bits per heavy atom. The number of likely N-dealkylation sites (N-methyl/N-ethyl adjacent to an activating group) is 1. The first kappa shape index (κ1) is 13.5. The standard InChI is InChI=1S/C15H20N4S/c1-19(2)13(11-8-9-11)10-16-15-17-14(18-20-15)12-6-4-3-5-7-12/h3-7,11,13H,8-10H2,1-2H3,(H,16,17,18). The normalized spacial score (nSPS) is 16.4. The molecule has 0 saturated heterocycles. The molecular weight excluding hydrogens is 268 g/mol. The zero-order chi connectivity index (χ0) is 13.9. The Labute approximate surface area is 124 Å². The van der Waals surface area contributed by atoms with Gasteiger partial charge in [-0.15, -0.1) is 0 Å². The second-order valence-electron chi connectivity index (χ2n) is 5.54. The minimum atomic E-state index is 0.596. The Bertz CT molecular complexity index is 546. The highest BCUT2D eigenvalue weighted by Crippen LogP contribution is 2.34. The van der Waals surface area contributed by atoms with Crippen molar-refractivity contribution in [3.05, 3.63) is 30.3 Å². The van der Waals surface area contributed by atoms with E-state index in [2.05, 4.69) is 33.7 Å².